The standard InChI is InChI=1S/C23H25NO3/c25-21-13-7-12-20-14-15-23(24(20)21,16-18-8-3-1-4-9-18)22(26)27-17-19-10-5-2-6-11-19/h1-6,8-11,20H,7,12-17H2. The van der Waals surface area contributed by atoms with E-state index in [0.717, 1.165) is 30.4 Å². The summed E-state index contributed by atoms with van der Waals surface area (Å²) in [6.45, 7) is 0.239. The summed E-state index contributed by atoms with van der Waals surface area (Å²) in [6, 6.07) is 19.8. The maximum Gasteiger partial charge on any atom is 0.332 e. The molecule has 2 heterocycles. The average Bonchev–Trinajstić information content (AvgIpc) is 3.09. The topological polar surface area (TPSA) is 46.6 Å². The summed E-state index contributed by atoms with van der Waals surface area (Å²) < 4.78 is 5.75. The fourth-order valence-electron chi connectivity index (χ4n) is 4.57. The Hall–Kier alpha value is -2.62. The molecule has 0 saturated carbocycles. The molecular formula is C23H25NO3. The van der Waals surface area contributed by atoms with E-state index in [1.807, 2.05) is 65.6 Å². The van der Waals surface area contributed by atoms with Crippen LogP contribution in [0.2, 0.25) is 0 Å². The highest BCUT2D eigenvalue weighted by atomic mass is 16.5. The van der Waals surface area contributed by atoms with Crippen LogP contribution in [-0.2, 0) is 27.4 Å². The normalized spacial score (nSPS) is 24.5. The van der Waals surface area contributed by atoms with Gasteiger partial charge in [-0.05, 0) is 36.8 Å². The van der Waals surface area contributed by atoms with Gasteiger partial charge in [0.25, 0.3) is 0 Å². The lowest BCUT2D eigenvalue weighted by atomic mass is 9.87. The van der Waals surface area contributed by atoms with E-state index in [2.05, 4.69) is 0 Å². The highest BCUT2D eigenvalue weighted by molar-refractivity contribution is 5.90. The maximum atomic E-state index is 13.3. The van der Waals surface area contributed by atoms with Gasteiger partial charge in [0.05, 0.1) is 0 Å². The van der Waals surface area contributed by atoms with Crippen molar-refractivity contribution in [2.75, 3.05) is 0 Å². The third-order valence-corrected chi connectivity index (χ3v) is 5.85. The van der Waals surface area contributed by atoms with Gasteiger partial charge in [0.2, 0.25) is 5.91 Å². The Kier molecular flexibility index (Phi) is 4.97. The van der Waals surface area contributed by atoms with E-state index in [1.54, 1.807) is 0 Å². The predicted octanol–water partition coefficient (Wildman–Crippen LogP) is 3.89. The quantitative estimate of drug-likeness (QED) is 0.757. The van der Waals surface area contributed by atoms with Crippen LogP contribution in [0, 0.1) is 0 Å². The molecular weight excluding hydrogens is 338 g/mol. The van der Waals surface area contributed by atoms with Gasteiger partial charge >= 0.3 is 5.97 Å². The Labute approximate surface area is 160 Å². The number of rotatable bonds is 5. The molecule has 4 heteroatoms. The van der Waals surface area contributed by atoms with Crippen molar-refractivity contribution >= 4 is 11.9 Å². The minimum Gasteiger partial charge on any atom is -0.459 e. The highest BCUT2D eigenvalue weighted by Gasteiger charge is 2.55. The Bertz CT molecular complexity index is 805. The molecule has 140 valence electrons. The molecule has 2 atom stereocenters. The Balaban J connectivity index is 1.61. The molecule has 2 saturated heterocycles. The first kappa shape index (κ1) is 17.8. The van der Waals surface area contributed by atoms with E-state index in [-0.39, 0.29) is 24.5 Å². The number of carbonyl (C=O) groups excluding carboxylic acids is 2. The predicted molar refractivity (Wildman–Crippen MR) is 103 cm³/mol. The zero-order valence-corrected chi connectivity index (χ0v) is 15.5. The van der Waals surface area contributed by atoms with Gasteiger partial charge in [-0.3, -0.25) is 4.79 Å². The lowest BCUT2D eigenvalue weighted by Crippen LogP contribution is -2.58. The molecule has 2 aliphatic heterocycles. The van der Waals surface area contributed by atoms with E-state index in [9.17, 15) is 9.59 Å². The smallest absolute Gasteiger partial charge is 0.332 e. The Morgan fingerprint density at radius 3 is 2.37 bits per heavy atom. The Morgan fingerprint density at radius 2 is 1.67 bits per heavy atom. The fraction of sp³-hybridized carbons (Fsp3) is 0.391. The van der Waals surface area contributed by atoms with Crippen molar-refractivity contribution in [3.8, 4) is 0 Å². The van der Waals surface area contributed by atoms with Crippen molar-refractivity contribution in [3.05, 3.63) is 71.8 Å². The molecule has 2 aromatic rings. The second-order valence-electron chi connectivity index (χ2n) is 7.60. The lowest BCUT2D eigenvalue weighted by Gasteiger charge is -2.41. The molecule has 2 aromatic carbocycles. The summed E-state index contributed by atoms with van der Waals surface area (Å²) in [6.07, 6.45) is 4.49. The molecule has 1 amide bonds. The molecule has 27 heavy (non-hydrogen) atoms. The van der Waals surface area contributed by atoms with E-state index in [4.69, 9.17) is 4.74 Å². The number of fused-ring (bicyclic) bond motifs is 1. The number of nitrogens with zero attached hydrogens (tertiary/aromatic N) is 1. The number of piperidine rings is 1. The second-order valence-corrected chi connectivity index (χ2v) is 7.60. The van der Waals surface area contributed by atoms with Crippen molar-refractivity contribution in [1.82, 2.24) is 4.90 Å². The molecule has 2 aliphatic rings. The molecule has 0 aliphatic carbocycles. The van der Waals surface area contributed by atoms with Crippen LogP contribution in [0.1, 0.15) is 43.2 Å². The van der Waals surface area contributed by atoms with Crippen molar-refractivity contribution in [1.29, 1.82) is 0 Å². The molecule has 2 unspecified atom stereocenters. The van der Waals surface area contributed by atoms with E-state index >= 15 is 0 Å². The van der Waals surface area contributed by atoms with E-state index in [1.165, 1.54) is 0 Å². The summed E-state index contributed by atoms with van der Waals surface area (Å²) >= 11 is 0. The van der Waals surface area contributed by atoms with Crippen LogP contribution in [0.25, 0.3) is 0 Å². The van der Waals surface area contributed by atoms with Gasteiger partial charge in [-0.25, -0.2) is 4.79 Å². The zero-order chi connectivity index (χ0) is 18.7. The van der Waals surface area contributed by atoms with Gasteiger partial charge in [0.1, 0.15) is 12.1 Å². The molecule has 2 fully saturated rings. The zero-order valence-electron chi connectivity index (χ0n) is 15.5. The molecule has 0 spiro atoms. The average molecular weight is 363 g/mol. The van der Waals surface area contributed by atoms with Crippen molar-refractivity contribution in [2.24, 2.45) is 0 Å². The lowest BCUT2D eigenvalue weighted by molar-refractivity contribution is -0.166. The summed E-state index contributed by atoms with van der Waals surface area (Å²) in [5.74, 6) is -0.177. The minimum atomic E-state index is -0.877. The van der Waals surface area contributed by atoms with Gasteiger partial charge in [0, 0.05) is 18.9 Å². The van der Waals surface area contributed by atoms with Crippen LogP contribution in [0.4, 0.5) is 0 Å². The second kappa shape index (κ2) is 7.55. The molecule has 0 bridgehead atoms. The largest absolute Gasteiger partial charge is 0.459 e. The summed E-state index contributed by atoms with van der Waals surface area (Å²) in [4.78, 5) is 28.0. The van der Waals surface area contributed by atoms with Crippen LogP contribution < -0.4 is 0 Å². The third kappa shape index (κ3) is 3.48. The van der Waals surface area contributed by atoms with Crippen LogP contribution in [0.3, 0.4) is 0 Å². The van der Waals surface area contributed by atoms with Gasteiger partial charge in [0.15, 0.2) is 0 Å². The number of hydrogen-bond donors (Lipinski definition) is 0. The number of benzene rings is 2. The van der Waals surface area contributed by atoms with Crippen molar-refractivity contribution in [3.63, 3.8) is 0 Å². The van der Waals surface area contributed by atoms with Crippen LogP contribution in [-0.4, -0.2) is 28.4 Å². The molecule has 0 N–H and O–H groups in total. The molecule has 0 radical (unpaired) electrons. The van der Waals surface area contributed by atoms with E-state index in [0.29, 0.717) is 19.3 Å². The number of carbonyl (C=O) groups is 2. The summed E-state index contributed by atoms with van der Waals surface area (Å²) in [7, 11) is 0. The SMILES string of the molecule is O=C1CCCC2CCC(Cc3ccccc3)(C(=O)OCc3ccccc3)N12. The van der Waals surface area contributed by atoms with Gasteiger partial charge in [-0.1, -0.05) is 60.7 Å². The fourth-order valence-corrected chi connectivity index (χ4v) is 4.57. The van der Waals surface area contributed by atoms with E-state index < -0.39 is 5.54 Å². The molecule has 0 aromatic heterocycles. The first-order valence-electron chi connectivity index (χ1n) is 9.76. The van der Waals surface area contributed by atoms with Gasteiger partial charge < -0.3 is 9.64 Å². The van der Waals surface area contributed by atoms with Crippen LogP contribution >= 0.6 is 0 Å². The van der Waals surface area contributed by atoms with Gasteiger partial charge in [-0.15, -0.1) is 0 Å². The van der Waals surface area contributed by atoms with Crippen LogP contribution in [0.15, 0.2) is 60.7 Å². The van der Waals surface area contributed by atoms with Gasteiger partial charge in [-0.2, -0.15) is 0 Å². The van der Waals surface area contributed by atoms with Crippen LogP contribution in [0.5, 0.6) is 0 Å². The number of esters is 1. The number of ether oxygens (including phenoxy) is 1. The molecule has 4 rings (SSSR count). The molecule has 4 nitrogen and oxygen atoms in total. The number of amides is 1. The van der Waals surface area contributed by atoms with Crippen molar-refractivity contribution in [2.45, 2.75) is 56.7 Å². The summed E-state index contributed by atoms with van der Waals surface area (Å²) in [5, 5.41) is 0. The highest BCUT2D eigenvalue weighted by Crippen LogP contribution is 2.42. The third-order valence-electron chi connectivity index (χ3n) is 5.85. The Morgan fingerprint density at radius 1 is 1.00 bits per heavy atom. The monoisotopic (exact) mass is 363 g/mol. The minimum absolute atomic E-state index is 0.0938. The first-order chi connectivity index (χ1) is 13.2. The summed E-state index contributed by atoms with van der Waals surface area (Å²) in [5.41, 5.74) is 1.14. The first-order valence-corrected chi connectivity index (χ1v) is 9.76. The van der Waals surface area contributed by atoms with Crippen molar-refractivity contribution < 1.29 is 14.3 Å². The maximum absolute atomic E-state index is 13.3. The number of hydrogen-bond acceptors (Lipinski definition) is 3.